The van der Waals surface area contributed by atoms with E-state index in [1.807, 2.05) is 29.2 Å². The fourth-order valence-electron chi connectivity index (χ4n) is 3.07. The van der Waals surface area contributed by atoms with Crippen LogP contribution in [0.1, 0.15) is 24.1 Å². The van der Waals surface area contributed by atoms with E-state index in [-0.39, 0.29) is 5.92 Å². The quantitative estimate of drug-likeness (QED) is 0.551. The van der Waals surface area contributed by atoms with Crippen molar-refractivity contribution in [1.82, 2.24) is 10.2 Å². The Hall–Kier alpha value is -2.84. The predicted octanol–water partition coefficient (Wildman–Crippen LogP) is 3.77. The Morgan fingerprint density at radius 1 is 1.25 bits per heavy atom. The van der Waals surface area contributed by atoms with Gasteiger partial charge in [-0.2, -0.15) is 13.2 Å². The second-order valence-corrected chi connectivity index (χ2v) is 6.53. The molecule has 28 heavy (non-hydrogen) atoms. The minimum atomic E-state index is -4.48. The molecule has 1 aromatic carbocycles. The third-order valence-electron chi connectivity index (χ3n) is 4.43. The molecule has 0 radical (unpaired) electrons. The Labute approximate surface area is 161 Å². The molecule has 0 N–H and O–H groups in total. The molecule has 2 heterocycles. The van der Waals surface area contributed by atoms with Gasteiger partial charge in [0.05, 0.1) is 12.8 Å². The number of oxime groups is 1. The first-order valence-electron chi connectivity index (χ1n) is 8.91. The Morgan fingerprint density at radius 3 is 2.82 bits per heavy atom. The van der Waals surface area contributed by atoms with Crippen LogP contribution in [0, 0.1) is 5.92 Å². The van der Waals surface area contributed by atoms with Crippen LogP contribution in [0.25, 0.3) is 0 Å². The molecule has 1 aromatic heterocycles. The molecule has 0 spiro atoms. The number of nitrogens with zero attached hydrogens (tertiary/aromatic N) is 4. The Balaban J connectivity index is 1.57. The van der Waals surface area contributed by atoms with Gasteiger partial charge in [0, 0.05) is 19.0 Å². The van der Waals surface area contributed by atoms with Crippen molar-refractivity contribution >= 4 is 12.0 Å². The molecule has 9 heteroatoms. The van der Waals surface area contributed by atoms with Crippen molar-refractivity contribution in [3.8, 4) is 5.75 Å². The van der Waals surface area contributed by atoms with Gasteiger partial charge in [0.1, 0.15) is 12.9 Å². The first-order valence-corrected chi connectivity index (χ1v) is 8.91. The van der Waals surface area contributed by atoms with Gasteiger partial charge in [0.25, 0.3) is 0 Å². The molecule has 2 aromatic rings. The fourth-order valence-corrected chi connectivity index (χ4v) is 3.07. The molecular formula is C19H21F3N4O2. The third-order valence-corrected chi connectivity index (χ3v) is 4.43. The highest BCUT2D eigenvalue weighted by atomic mass is 19.4. The lowest BCUT2D eigenvalue weighted by Crippen LogP contribution is -2.38. The van der Waals surface area contributed by atoms with Gasteiger partial charge in [0.15, 0.2) is 11.5 Å². The molecule has 1 saturated heterocycles. The largest absolute Gasteiger partial charge is 0.493 e. The number of benzene rings is 1. The van der Waals surface area contributed by atoms with Crippen LogP contribution in [-0.4, -0.2) is 43.2 Å². The van der Waals surface area contributed by atoms with Crippen LogP contribution in [0.5, 0.6) is 5.75 Å². The van der Waals surface area contributed by atoms with Gasteiger partial charge in [0.2, 0.25) is 0 Å². The van der Waals surface area contributed by atoms with E-state index in [4.69, 9.17) is 4.74 Å². The smallest absolute Gasteiger partial charge is 0.435 e. The molecule has 0 saturated carbocycles. The molecule has 1 aliphatic rings. The van der Waals surface area contributed by atoms with E-state index in [9.17, 15) is 13.2 Å². The van der Waals surface area contributed by atoms with Crippen LogP contribution in [0.4, 0.5) is 19.0 Å². The van der Waals surface area contributed by atoms with Gasteiger partial charge in [-0.1, -0.05) is 17.3 Å². The van der Waals surface area contributed by atoms with Crippen LogP contribution in [0.3, 0.4) is 0 Å². The zero-order chi connectivity index (χ0) is 20.0. The normalized spacial score (nSPS) is 17.7. The zero-order valence-electron chi connectivity index (χ0n) is 15.4. The Kier molecular flexibility index (Phi) is 6.33. The maximum Gasteiger partial charge on any atom is 0.435 e. The van der Waals surface area contributed by atoms with Crippen molar-refractivity contribution in [1.29, 1.82) is 0 Å². The molecule has 0 aliphatic carbocycles. The van der Waals surface area contributed by atoms with E-state index in [1.165, 1.54) is 13.2 Å². The Bertz CT molecular complexity index is 797. The van der Waals surface area contributed by atoms with E-state index < -0.39 is 11.9 Å². The summed E-state index contributed by atoms with van der Waals surface area (Å²) in [4.78, 5) is 6.62. The second-order valence-electron chi connectivity index (χ2n) is 6.53. The van der Waals surface area contributed by atoms with E-state index in [2.05, 4.69) is 20.2 Å². The van der Waals surface area contributed by atoms with Gasteiger partial charge >= 0.3 is 6.18 Å². The molecule has 3 rings (SSSR count). The van der Waals surface area contributed by atoms with Gasteiger partial charge in [-0.3, -0.25) is 0 Å². The van der Waals surface area contributed by atoms with Crippen molar-refractivity contribution in [3.63, 3.8) is 0 Å². The molecule has 6 nitrogen and oxygen atoms in total. The Morgan fingerprint density at radius 2 is 2.11 bits per heavy atom. The average molecular weight is 394 g/mol. The molecule has 1 atom stereocenters. The summed E-state index contributed by atoms with van der Waals surface area (Å²) in [5.41, 5.74) is -0.116. The molecular weight excluding hydrogens is 373 g/mol. The standard InChI is InChI=1S/C19H21F3N4O2/c1-27-23-11-14-4-2-6-16(10-14)28-13-15-5-3-9-26(12-15)18-8-7-17(24-25-18)19(20,21)22/h2,4,6-8,10-11,15H,3,5,9,12-13H2,1H3. The second kappa shape index (κ2) is 8.90. The number of piperidine rings is 1. The van der Waals surface area contributed by atoms with Crippen molar-refractivity contribution in [3.05, 3.63) is 47.7 Å². The highest BCUT2D eigenvalue weighted by Gasteiger charge is 2.33. The summed E-state index contributed by atoms with van der Waals surface area (Å²) in [6, 6.07) is 9.84. The van der Waals surface area contributed by atoms with Gasteiger partial charge in [-0.05, 0) is 42.7 Å². The van der Waals surface area contributed by atoms with Crippen LogP contribution in [-0.2, 0) is 11.0 Å². The maximum absolute atomic E-state index is 12.6. The number of hydrogen-bond acceptors (Lipinski definition) is 6. The van der Waals surface area contributed by atoms with Crippen molar-refractivity contribution in [2.75, 3.05) is 31.7 Å². The minimum absolute atomic E-state index is 0.245. The third kappa shape index (κ3) is 5.34. The molecule has 0 amide bonds. The summed E-state index contributed by atoms with van der Waals surface area (Å²) in [5.74, 6) is 1.43. The first-order chi connectivity index (χ1) is 13.5. The lowest BCUT2D eigenvalue weighted by molar-refractivity contribution is -0.141. The topological polar surface area (TPSA) is 59.8 Å². The summed E-state index contributed by atoms with van der Waals surface area (Å²) >= 11 is 0. The number of halogens is 3. The lowest BCUT2D eigenvalue weighted by Gasteiger charge is -2.33. The van der Waals surface area contributed by atoms with E-state index in [0.717, 1.165) is 36.8 Å². The van der Waals surface area contributed by atoms with Crippen molar-refractivity contribution in [2.24, 2.45) is 11.1 Å². The molecule has 1 fully saturated rings. The molecule has 1 aliphatic heterocycles. The number of aromatic nitrogens is 2. The van der Waals surface area contributed by atoms with Crippen molar-refractivity contribution in [2.45, 2.75) is 19.0 Å². The summed E-state index contributed by atoms with van der Waals surface area (Å²) < 4.78 is 43.8. The van der Waals surface area contributed by atoms with Crippen LogP contribution in [0.15, 0.2) is 41.6 Å². The summed E-state index contributed by atoms with van der Waals surface area (Å²) in [6.45, 7) is 1.90. The molecule has 150 valence electrons. The van der Waals surface area contributed by atoms with E-state index in [1.54, 1.807) is 6.21 Å². The monoisotopic (exact) mass is 394 g/mol. The predicted molar refractivity (Wildman–Crippen MR) is 98.5 cm³/mol. The van der Waals surface area contributed by atoms with Crippen LogP contribution < -0.4 is 9.64 Å². The van der Waals surface area contributed by atoms with Gasteiger partial charge < -0.3 is 14.5 Å². The fraction of sp³-hybridized carbons (Fsp3) is 0.421. The van der Waals surface area contributed by atoms with Gasteiger partial charge in [-0.15, -0.1) is 10.2 Å². The molecule has 1 unspecified atom stereocenters. The van der Waals surface area contributed by atoms with Crippen molar-refractivity contribution < 1.29 is 22.7 Å². The summed E-state index contributed by atoms with van der Waals surface area (Å²) in [7, 11) is 1.48. The minimum Gasteiger partial charge on any atom is -0.493 e. The number of rotatable bonds is 6. The number of ether oxygens (including phenoxy) is 1. The average Bonchev–Trinajstić information content (AvgIpc) is 2.71. The number of anilines is 1. The first kappa shape index (κ1) is 19.9. The summed E-state index contributed by atoms with van der Waals surface area (Å²) in [6.07, 6.45) is -0.989. The SMILES string of the molecule is CON=Cc1cccc(OCC2CCCN(c3ccc(C(F)(F)F)nn3)C2)c1. The van der Waals surface area contributed by atoms with Crippen LogP contribution in [0.2, 0.25) is 0 Å². The number of alkyl halides is 3. The zero-order valence-corrected chi connectivity index (χ0v) is 15.4. The van der Waals surface area contributed by atoms with E-state index in [0.29, 0.717) is 19.0 Å². The molecule has 0 bridgehead atoms. The highest BCUT2D eigenvalue weighted by molar-refractivity contribution is 5.79. The van der Waals surface area contributed by atoms with Crippen LogP contribution >= 0.6 is 0 Å². The van der Waals surface area contributed by atoms with E-state index >= 15 is 0 Å². The highest BCUT2D eigenvalue weighted by Crippen LogP contribution is 2.28. The van der Waals surface area contributed by atoms with Gasteiger partial charge in [-0.25, -0.2) is 0 Å². The lowest BCUT2D eigenvalue weighted by atomic mass is 9.99. The summed E-state index contributed by atoms with van der Waals surface area (Å²) in [5, 5.41) is 10.8. The maximum atomic E-state index is 12.6. The number of hydrogen-bond donors (Lipinski definition) is 0.